The van der Waals surface area contributed by atoms with Crippen LogP contribution in [0.1, 0.15) is 61.3 Å². The summed E-state index contributed by atoms with van der Waals surface area (Å²) in [5.74, 6) is 1.58. The van der Waals surface area contributed by atoms with Crippen LogP contribution in [-0.4, -0.2) is 61.6 Å². The predicted molar refractivity (Wildman–Crippen MR) is 142 cm³/mol. The molecule has 0 radical (unpaired) electrons. The molecule has 0 saturated carbocycles. The number of hydrogen-bond donors (Lipinski definition) is 2. The molecule has 5 nitrogen and oxygen atoms in total. The minimum Gasteiger partial charge on any atom is -0.345 e. The summed E-state index contributed by atoms with van der Waals surface area (Å²) in [6.45, 7) is 5.20. The van der Waals surface area contributed by atoms with Gasteiger partial charge in [-0.15, -0.1) is 0 Å². The molecule has 1 aliphatic carbocycles. The maximum absolute atomic E-state index is 14.6. The zero-order valence-electron chi connectivity index (χ0n) is 21.6. The molecule has 0 bridgehead atoms. The maximum atomic E-state index is 14.6. The molecule has 6 atom stereocenters. The first kappa shape index (κ1) is 24.4. The standard InChI is InChI=1S/C30H39ClN4O/c1-34-15-6-9-23(19-34)27-17-22(21-7-3-2-4-8-21)13-16-35(27)29(36)25-18-32-20-30(25)14-5-10-26-24(30)11-12-28(31)33-26/h2-4,7-8,11-12,22-23,25,27,32H,5-6,9-10,13-20H2,1H3/p+2/t22-,23?,25+,27+,30+/m1/s1. The summed E-state index contributed by atoms with van der Waals surface area (Å²) in [6.07, 6.45) is 7.84. The molecule has 4 heterocycles. The fourth-order valence-electron chi connectivity index (χ4n) is 8.20. The van der Waals surface area contributed by atoms with Crippen LogP contribution in [-0.2, 0) is 16.6 Å². The lowest BCUT2D eigenvalue weighted by Crippen LogP contribution is -3.11. The number of benzene rings is 1. The molecule has 1 amide bonds. The van der Waals surface area contributed by atoms with E-state index in [-0.39, 0.29) is 11.3 Å². The number of quaternary nitrogens is 2. The third kappa shape index (κ3) is 4.37. The molecule has 192 valence electrons. The lowest BCUT2D eigenvalue weighted by atomic mass is 9.65. The molecular formula is C30H41ClN4O+2. The summed E-state index contributed by atoms with van der Waals surface area (Å²) >= 11 is 6.28. The van der Waals surface area contributed by atoms with Gasteiger partial charge in [0, 0.05) is 24.2 Å². The van der Waals surface area contributed by atoms with E-state index in [4.69, 9.17) is 16.6 Å². The van der Waals surface area contributed by atoms with Gasteiger partial charge < -0.3 is 15.1 Å². The summed E-state index contributed by atoms with van der Waals surface area (Å²) in [4.78, 5) is 23.3. The normalized spacial score (nSPS) is 34.5. The quantitative estimate of drug-likeness (QED) is 0.625. The highest BCUT2D eigenvalue weighted by atomic mass is 35.5. The third-order valence-corrected chi connectivity index (χ3v) is 10.1. The Morgan fingerprint density at radius 1 is 1.17 bits per heavy atom. The highest BCUT2D eigenvalue weighted by molar-refractivity contribution is 6.29. The number of aryl methyl sites for hydroxylation is 1. The molecule has 2 aromatic rings. The van der Waals surface area contributed by atoms with Crippen molar-refractivity contribution < 1.29 is 15.0 Å². The van der Waals surface area contributed by atoms with Crippen LogP contribution in [0, 0.1) is 11.8 Å². The van der Waals surface area contributed by atoms with E-state index in [9.17, 15) is 4.79 Å². The average molecular weight is 509 g/mol. The summed E-state index contributed by atoms with van der Waals surface area (Å²) in [7, 11) is 2.33. The number of nitrogens with zero attached hydrogens (tertiary/aromatic N) is 2. The first-order valence-electron chi connectivity index (χ1n) is 14.2. The van der Waals surface area contributed by atoms with Crippen LogP contribution in [0.3, 0.4) is 0 Å². The number of halogens is 1. The smallest absolute Gasteiger partial charge is 0.232 e. The van der Waals surface area contributed by atoms with Gasteiger partial charge in [0.25, 0.3) is 0 Å². The Morgan fingerprint density at radius 3 is 2.86 bits per heavy atom. The van der Waals surface area contributed by atoms with Crippen LogP contribution < -0.4 is 10.2 Å². The molecule has 3 saturated heterocycles. The second-order valence-corrected chi connectivity index (χ2v) is 12.4. The van der Waals surface area contributed by atoms with E-state index >= 15 is 0 Å². The average Bonchev–Trinajstić information content (AvgIpc) is 3.32. The number of nitrogens with two attached hydrogens (primary N) is 1. The van der Waals surface area contributed by atoms with Crippen molar-refractivity contribution >= 4 is 17.5 Å². The monoisotopic (exact) mass is 508 g/mol. The molecule has 2 unspecified atom stereocenters. The number of rotatable bonds is 3. The van der Waals surface area contributed by atoms with E-state index in [0.29, 0.717) is 28.9 Å². The Morgan fingerprint density at radius 2 is 2.03 bits per heavy atom. The molecule has 4 aliphatic rings. The second kappa shape index (κ2) is 10.1. The van der Waals surface area contributed by atoms with Crippen LogP contribution in [0.5, 0.6) is 0 Å². The Hall–Kier alpha value is -1.95. The maximum Gasteiger partial charge on any atom is 0.232 e. The fraction of sp³-hybridized carbons (Fsp3) is 0.600. The summed E-state index contributed by atoms with van der Waals surface area (Å²) in [5, 5.41) is 2.96. The molecular weight excluding hydrogens is 468 g/mol. The highest BCUT2D eigenvalue weighted by Gasteiger charge is 2.55. The number of piperidine rings is 2. The van der Waals surface area contributed by atoms with Crippen molar-refractivity contribution in [2.75, 3.05) is 39.8 Å². The Kier molecular flexibility index (Phi) is 6.83. The van der Waals surface area contributed by atoms with Crippen molar-refractivity contribution in [1.82, 2.24) is 9.88 Å². The van der Waals surface area contributed by atoms with E-state index in [2.05, 4.69) is 53.7 Å². The number of pyridine rings is 1. The van der Waals surface area contributed by atoms with Gasteiger partial charge in [0.2, 0.25) is 5.91 Å². The highest BCUT2D eigenvalue weighted by Crippen LogP contribution is 2.45. The molecule has 3 fully saturated rings. The summed E-state index contributed by atoms with van der Waals surface area (Å²) in [6, 6.07) is 15.5. The number of amides is 1. The Bertz CT molecular complexity index is 1090. The summed E-state index contributed by atoms with van der Waals surface area (Å²) in [5.41, 5.74) is 3.76. The molecule has 36 heavy (non-hydrogen) atoms. The zero-order chi connectivity index (χ0) is 24.7. The van der Waals surface area contributed by atoms with Crippen molar-refractivity contribution in [3.8, 4) is 0 Å². The van der Waals surface area contributed by atoms with Crippen molar-refractivity contribution in [2.45, 2.75) is 62.3 Å². The van der Waals surface area contributed by atoms with Gasteiger partial charge in [0.1, 0.15) is 11.1 Å². The van der Waals surface area contributed by atoms with Crippen LogP contribution in [0.2, 0.25) is 5.15 Å². The number of aromatic nitrogens is 1. The molecule has 1 aromatic heterocycles. The van der Waals surface area contributed by atoms with Crippen LogP contribution in [0.4, 0.5) is 0 Å². The van der Waals surface area contributed by atoms with Gasteiger partial charge in [0.05, 0.1) is 38.6 Å². The number of fused-ring (bicyclic) bond motifs is 2. The SMILES string of the molecule is C[NH+]1CCCC([C@@H]2C[C@H](c3ccccc3)CCN2C(=O)[C@@H]2C[NH2+]C[C@]23CCCc2nc(Cl)ccc23)C1. The molecule has 1 spiro atoms. The number of carbonyl (C=O) groups is 1. The van der Waals surface area contributed by atoms with Crippen LogP contribution in [0.15, 0.2) is 42.5 Å². The van der Waals surface area contributed by atoms with Crippen molar-refractivity contribution in [2.24, 2.45) is 11.8 Å². The molecule has 3 N–H and O–H groups in total. The van der Waals surface area contributed by atoms with Gasteiger partial charge in [-0.2, -0.15) is 0 Å². The predicted octanol–water partition coefficient (Wildman–Crippen LogP) is 2.20. The number of carbonyl (C=O) groups excluding carboxylic acids is 1. The first-order chi connectivity index (χ1) is 17.5. The number of hydrogen-bond acceptors (Lipinski definition) is 2. The zero-order valence-corrected chi connectivity index (χ0v) is 22.4. The van der Waals surface area contributed by atoms with Crippen molar-refractivity contribution in [3.63, 3.8) is 0 Å². The summed E-state index contributed by atoms with van der Waals surface area (Å²) < 4.78 is 0. The largest absolute Gasteiger partial charge is 0.345 e. The first-order valence-corrected chi connectivity index (χ1v) is 14.6. The lowest BCUT2D eigenvalue weighted by molar-refractivity contribution is -0.889. The molecule has 3 aliphatic heterocycles. The molecule has 6 rings (SSSR count). The topological polar surface area (TPSA) is 54.2 Å². The lowest BCUT2D eigenvalue weighted by Gasteiger charge is -2.47. The van der Waals surface area contributed by atoms with Crippen molar-refractivity contribution in [3.05, 3.63) is 64.4 Å². The minimum absolute atomic E-state index is 0.0315. The van der Waals surface area contributed by atoms with Gasteiger partial charge >= 0.3 is 0 Å². The molecule has 1 aromatic carbocycles. The fourth-order valence-corrected chi connectivity index (χ4v) is 8.37. The van der Waals surface area contributed by atoms with E-state index in [0.717, 1.165) is 57.4 Å². The van der Waals surface area contributed by atoms with Gasteiger partial charge in [-0.05, 0) is 68.1 Å². The number of nitrogens with one attached hydrogen (secondary N) is 1. The van der Waals surface area contributed by atoms with E-state index in [1.807, 2.05) is 6.07 Å². The Balaban J connectivity index is 1.31. The number of likely N-dealkylation sites (tertiary alicyclic amines) is 2. The Labute approximate surface area is 220 Å². The van der Waals surface area contributed by atoms with E-state index in [1.165, 1.54) is 37.1 Å². The van der Waals surface area contributed by atoms with Crippen LogP contribution >= 0.6 is 11.6 Å². The van der Waals surface area contributed by atoms with Crippen molar-refractivity contribution in [1.29, 1.82) is 0 Å². The van der Waals surface area contributed by atoms with Gasteiger partial charge in [-0.3, -0.25) is 4.79 Å². The van der Waals surface area contributed by atoms with Crippen LogP contribution in [0.25, 0.3) is 0 Å². The van der Waals surface area contributed by atoms with E-state index in [1.54, 1.807) is 4.90 Å². The van der Waals surface area contributed by atoms with E-state index < -0.39 is 0 Å². The van der Waals surface area contributed by atoms with Gasteiger partial charge in [0.15, 0.2) is 0 Å². The second-order valence-electron chi connectivity index (χ2n) is 12.0. The molecule has 6 heteroatoms. The minimum atomic E-state index is -0.0995. The third-order valence-electron chi connectivity index (χ3n) is 9.92. The van der Waals surface area contributed by atoms with Gasteiger partial charge in [-0.25, -0.2) is 4.98 Å². The van der Waals surface area contributed by atoms with Gasteiger partial charge in [-0.1, -0.05) is 48.0 Å².